The zero-order valence-corrected chi connectivity index (χ0v) is 16.6. The van der Waals surface area contributed by atoms with Crippen LogP contribution in [0.15, 0.2) is 59.9 Å². The summed E-state index contributed by atoms with van der Waals surface area (Å²) in [7, 11) is 1.67. The molecule has 3 aromatic rings. The molecule has 7 heteroatoms. The Kier molecular flexibility index (Phi) is 5.62. The topological polar surface area (TPSA) is 58.6 Å². The van der Waals surface area contributed by atoms with Crippen LogP contribution in [-0.4, -0.2) is 59.8 Å². The van der Waals surface area contributed by atoms with Crippen LogP contribution in [0.25, 0.3) is 10.9 Å². The second-order valence-electron chi connectivity index (χ2n) is 6.55. The number of rotatable bonds is 5. The first kappa shape index (κ1) is 18.6. The fourth-order valence-corrected chi connectivity index (χ4v) is 4.22. The highest BCUT2D eigenvalue weighted by molar-refractivity contribution is 8.00. The van der Waals surface area contributed by atoms with Gasteiger partial charge in [-0.15, -0.1) is 0 Å². The molecule has 0 unspecified atom stereocenters. The molecule has 0 radical (unpaired) electrons. The average molecular weight is 395 g/mol. The summed E-state index contributed by atoms with van der Waals surface area (Å²) in [6.07, 6.45) is 1.56. The SMILES string of the molecule is COc1ccc(N2CCN(C(=O)CSc3ncnc4ccccc34)CC2)cc1. The summed E-state index contributed by atoms with van der Waals surface area (Å²) in [4.78, 5) is 25.5. The zero-order valence-electron chi connectivity index (χ0n) is 15.7. The molecule has 2 aromatic carbocycles. The Hall–Kier alpha value is -2.80. The molecular formula is C21H22N4O2S. The first-order chi connectivity index (χ1) is 13.7. The van der Waals surface area contributed by atoms with Crippen molar-refractivity contribution in [2.45, 2.75) is 5.03 Å². The molecule has 0 atom stereocenters. The number of aromatic nitrogens is 2. The summed E-state index contributed by atoms with van der Waals surface area (Å²) >= 11 is 1.48. The van der Waals surface area contributed by atoms with Crippen molar-refractivity contribution in [2.24, 2.45) is 0 Å². The van der Waals surface area contributed by atoms with Crippen molar-refractivity contribution in [3.63, 3.8) is 0 Å². The maximum absolute atomic E-state index is 12.7. The molecule has 0 saturated carbocycles. The largest absolute Gasteiger partial charge is 0.497 e. The number of nitrogens with zero attached hydrogens (tertiary/aromatic N) is 4. The first-order valence-corrected chi connectivity index (χ1v) is 10.2. The molecule has 4 rings (SSSR count). The Labute approximate surface area is 168 Å². The molecule has 144 valence electrons. The fraction of sp³-hybridized carbons (Fsp3) is 0.286. The fourth-order valence-electron chi connectivity index (χ4n) is 3.32. The number of anilines is 1. The Balaban J connectivity index is 1.32. The van der Waals surface area contributed by atoms with Gasteiger partial charge in [-0.25, -0.2) is 9.97 Å². The van der Waals surface area contributed by atoms with Crippen LogP contribution < -0.4 is 9.64 Å². The minimum Gasteiger partial charge on any atom is -0.497 e. The number of amides is 1. The van der Waals surface area contributed by atoms with Crippen molar-refractivity contribution in [2.75, 3.05) is 43.9 Å². The van der Waals surface area contributed by atoms with Gasteiger partial charge in [0.2, 0.25) is 5.91 Å². The van der Waals surface area contributed by atoms with Crippen LogP contribution in [0.4, 0.5) is 5.69 Å². The highest BCUT2D eigenvalue weighted by Crippen LogP contribution is 2.25. The molecule has 0 spiro atoms. The van der Waals surface area contributed by atoms with E-state index in [-0.39, 0.29) is 5.91 Å². The molecule has 0 bridgehead atoms. The summed E-state index contributed by atoms with van der Waals surface area (Å²) in [5, 5.41) is 1.85. The minimum atomic E-state index is 0.155. The van der Waals surface area contributed by atoms with Gasteiger partial charge in [0.05, 0.1) is 18.4 Å². The van der Waals surface area contributed by atoms with Gasteiger partial charge in [-0.05, 0) is 30.3 Å². The maximum Gasteiger partial charge on any atom is 0.233 e. The summed E-state index contributed by atoms with van der Waals surface area (Å²) in [6, 6.07) is 15.9. The molecule has 0 N–H and O–H groups in total. The molecule has 1 aliphatic rings. The van der Waals surface area contributed by atoms with E-state index < -0.39 is 0 Å². The van der Waals surface area contributed by atoms with Gasteiger partial charge >= 0.3 is 0 Å². The number of carbonyl (C=O) groups excluding carboxylic acids is 1. The number of carbonyl (C=O) groups is 1. The van der Waals surface area contributed by atoms with Gasteiger partial charge in [-0.3, -0.25) is 4.79 Å². The number of ether oxygens (including phenoxy) is 1. The number of hydrogen-bond donors (Lipinski definition) is 0. The van der Waals surface area contributed by atoms with E-state index in [9.17, 15) is 4.79 Å². The van der Waals surface area contributed by atoms with Gasteiger partial charge in [-0.1, -0.05) is 30.0 Å². The molecule has 28 heavy (non-hydrogen) atoms. The lowest BCUT2D eigenvalue weighted by atomic mass is 10.2. The number of fused-ring (bicyclic) bond motifs is 1. The molecule has 1 aliphatic heterocycles. The number of thioether (sulfide) groups is 1. The number of piperazine rings is 1. The molecular weight excluding hydrogens is 372 g/mol. The van der Waals surface area contributed by atoms with Gasteiger partial charge < -0.3 is 14.5 Å². The predicted octanol–water partition coefficient (Wildman–Crippen LogP) is 3.08. The Morgan fingerprint density at radius 3 is 2.54 bits per heavy atom. The van der Waals surface area contributed by atoms with E-state index in [0.717, 1.165) is 53.5 Å². The van der Waals surface area contributed by atoms with Gasteiger partial charge in [0.1, 0.15) is 17.1 Å². The summed E-state index contributed by atoms with van der Waals surface area (Å²) in [6.45, 7) is 3.13. The van der Waals surface area contributed by atoms with Crippen molar-refractivity contribution in [1.82, 2.24) is 14.9 Å². The summed E-state index contributed by atoms with van der Waals surface area (Å²) in [5.41, 5.74) is 2.07. The normalized spacial score (nSPS) is 14.3. The second-order valence-corrected chi connectivity index (χ2v) is 7.51. The van der Waals surface area contributed by atoms with E-state index in [2.05, 4.69) is 27.0 Å². The van der Waals surface area contributed by atoms with Crippen LogP contribution in [0.1, 0.15) is 0 Å². The highest BCUT2D eigenvalue weighted by Gasteiger charge is 2.21. The first-order valence-electron chi connectivity index (χ1n) is 9.24. The minimum absolute atomic E-state index is 0.155. The molecule has 6 nitrogen and oxygen atoms in total. The van der Waals surface area contributed by atoms with Crippen LogP contribution in [-0.2, 0) is 4.79 Å². The quantitative estimate of drug-likeness (QED) is 0.490. The monoisotopic (exact) mass is 394 g/mol. The molecule has 1 aromatic heterocycles. The van der Waals surface area contributed by atoms with Crippen molar-refractivity contribution >= 4 is 34.3 Å². The Morgan fingerprint density at radius 1 is 1.04 bits per heavy atom. The third-order valence-electron chi connectivity index (χ3n) is 4.91. The number of benzene rings is 2. The van der Waals surface area contributed by atoms with Crippen molar-refractivity contribution in [1.29, 1.82) is 0 Å². The van der Waals surface area contributed by atoms with Crippen molar-refractivity contribution < 1.29 is 9.53 Å². The predicted molar refractivity (Wildman–Crippen MR) is 112 cm³/mol. The molecule has 1 amide bonds. The average Bonchev–Trinajstić information content (AvgIpc) is 2.77. The van der Waals surface area contributed by atoms with Gasteiger partial charge in [0.15, 0.2) is 0 Å². The Bertz CT molecular complexity index is 951. The maximum atomic E-state index is 12.7. The molecule has 0 aliphatic carbocycles. The van der Waals surface area contributed by atoms with E-state index in [1.165, 1.54) is 11.8 Å². The lowest BCUT2D eigenvalue weighted by molar-refractivity contribution is -0.128. The molecule has 1 saturated heterocycles. The van der Waals surface area contributed by atoms with Crippen LogP contribution in [0, 0.1) is 0 Å². The van der Waals surface area contributed by atoms with Crippen LogP contribution >= 0.6 is 11.8 Å². The van der Waals surface area contributed by atoms with Gasteiger partial charge in [0, 0.05) is 37.3 Å². The smallest absolute Gasteiger partial charge is 0.233 e. The third kappa shape index (κ3) is 4.04. The van der Waals surface area contributed by atoms with Crippen molar-refractivity contribution in [3.05, 3.63) is 54.9 Å². The van der Waals surface area contributed by atoms with E-state index in [0.29, 0.717) is 5.75 Å². The lowest BCUT2D eigenvalue weighted by Crippen LogP contribution is -2.49. The summed E-state index contributed by atoms with van der Waals surface area (Å²) in [5.74, 6) is 1.40. The number of methoxy groups -OCH3 is 1. The lowest BCUT2D eigenvalue weighted by Gasteiger charge is -2.36. The van der Waals surface area contributed by atoms with Crippen molar-refractivity contribution in [3.8, 4) is 5.75 Å². The number of para-hydroxylation sites is 1. The van der Waals surface area contributed by atoms with E-state index in [4.69, 9.17) is 4.74 Å². The number of hydrogen-bond acceptors (Lipinski definition) is 6. The van der Waals surface area contributed by atoms with E-state index in [1.807, 2.05) is 41.3 Å². The Morgan fingerprint density at radius 2 is 1.79 bits per heavy atom. The molecule has 1 fully saturated rings. The third-order valence-corrected chi connectivity index (χ3v) is 5.90. The van der Waals surface area contributed by atoms with E-state index >= 15 is 0 Å². The van der Waals surface area contributed by atoms with Gasteiger partial charge in [-0.2, -0.15) is 0 Å². The zero-order chi connectivity index (χ0) is 19.3. The van der Waals surface area contributed by atoms with E-state index in [1.54, 1.807) is 13.4 Å². The summed E-state index contributed by atoms with van der Waals surface area (Å²) < 4.78 is 5.21. The van der Waals surface area contributed by atoms with Crippen LogP contribution in [0.5, 0.6) is 5.75 Å². The van der Waals surface area contributed by atoms with Gasteiger partial charge in [0.25, 0.3) is 0 Å². The van der Waals surface area contributed by atoms with Crippen LogP contribution in [0.3, 0.4) is 0 Å². The second kappa shape index (κ2) is 8.48. The highest BCUT2D eigenvalue weighted by atomic mass is 32.2. The standard InChI is InChI=1S/C21H22N4O2S/c1-27-17-8-6-16(7-9-17)24-10-12-25(13-11-24)20(26)14-28-21-18-4-2-3-5-19(18)22-15-23-21/h2-9,15H,10-14H2,1H3. The van der Waals surface area contributed by atoms with Crippen LogP contribution in [0.2, 0.25) is 0 Å². The molecule has 2 heterocycles.